The van der Waals surface area contributed by atoms with Gasteiger partial charge in [-0.2, -0.15) is 0 Å². The molecule has 0 aliphatic heterocycles. The van der Waals surface area contributed by atoms with E-state index in [4.69, 9.17) is 14.2 Å². The zero-order valence-electron chi connectivity index (χ0n) is 16.1. The second-order valence-corrected chi connectivity index (χ2v) is 6.14. The van der Waals surface area contributed by atoms with Crippen molar-refractivity contribution in [3.8, 4) is 11.5 Å². The summed E-state index contributed by atoms with van der Waals surface area (Å²) in [7, 11) is 3.16. The summed E-state index contributed by atoms with van der Waals surface area (Å²) in [5, 5.41) is 2.75. The van der Waals surface area contributed by atoms with Crippen LogP contribution in [0.25, 0.3) is 0 Å². The summed E-state index contributed by atoms with van der Waals surface area (Å²) >= 11 is 0. The minimum Gasteiger partial charge on any atom is -0.496 e. The van der Waals surface area contributed by atoms with E-state index in [0.717, 1.165) is 16.7 Å². The van der Waals surface area contributed by atoms with Gasteiger partial charge in [-0.15, -0.1) is 0 Å². The molecule has 1 atom stereocenters. The van der Waals surface area contributed by atoms with E-state index in [2.05, 4.69) is 5.32 Å². The predicted octanol–water partition coefficient (Wildman–Crippen LogP) is 2.80. The summed E-state index contributed by atoms with van der Waals surface area (Å²) in [6.45, 7) is 3.76. The number of esters is 1. The van der Waals surface area contributed by atoms with Gasteiger partial charge >= 0.3 is 5.97 Å². The number of nitrogens with one attached hydrogen (secondary N) is 1. The van der Waals surface area contributed by atoms with E-state index in [-0.39, 0.29) is 12.3 Å². The first kappa shape index (κ1) is 20.3. The molecule has 6 nitrogen and oxygen atoms in total. The number of amides is 1. The molecule has 27 heavy (non-hydrogen) atoms. The minimum atomic E-state index is -0.889. The molecule has 0 saturated carbocycles. The van der Waals surface area contributed by atoms with Crippen molar-refractivity contribution in [2.45, 2.75) is 32.9 Å². The molecule has 0 radical (unpaired) electrons. The summed E-state index contributed by atoms with van der Waals surface area (Å²) in [6, 6.07) is 12.9. The van der Waals surface area contributed by atoms with Crippen LogP contribution < -0.4 is 14.8 Å². The van der Waals surface area contributed by atoms with Crippen molar-refractivity contribution >= 4 is 11.9 Å². The molecule has 2 rings (SSSR count). The molecule has 1 unspecified atom stereocenters. The Hall–Kier alpha value is -3.02. The quantitative estimate of drug-likeness (QED) is 0.723. The third-order valence-electron chi connectivity index (χ3n) is 4.14. The Morgan fingerprint density at radius 1 is 1.04 bits per heavy atom. The van der Waals surface area contributed by atoms with Crippen LogP contribution in [-0.2, 0) is 27.3 Å². The van der Waals surface area contributed by atoms with E-state index in [0.29, 0.717) is 18.0 Å². The number of para-hydroxylation sites is 1. The number of hydrogen-bond acceptors (Lipinski definition) is 5. The van der Waals surface area contributed by atoms with Gasteiger partial charge in [0.2, 0.25) is 0 Å². The topological polar surface area (TPSA) is 73.9 Å². The Kier molecular flexibility index (Phi) is 7.23. The molecule has 0 aliphatic rings. The lowest BCUT2D eigenvalue weighted by Crippen LogP contribution is -2.35. The predicted molar refractivity (Wildman–Crippen MR) is 102 cm³/mol. The molecule has 2 aromatic carbocycles. The summed E-state index contributed by atoms with van der Waals surface area (Å²) in [5.41, 5.74) is 2.60. The molecule has 0 aromatic heterocycles. The van der Waals surface area contributed by atoms with Crippen LogP contribution >= 0.6 is 0 Å². The lowest BCUT2D eigenvalue weighted by molar-refractivity contribution is -0.154. The summed E-state index contributed by atoms with van der Waals surface area (Å²) in [6.07, 6.45) is -0.819. The Morgan fingerprint density at radius 3 is 2.44 bits per heavy atom. The zero-order valence-corrected chi connectivity index (χ0v) is 16.1. The highest BCUT2D eigenvalue weighted by Crippen LogP contribution is 2.20. The first-order valence-corrected chi connectivity index (χ1v) is 8.67. The lowest BCUT2D eigenvalue weighted by Gasteiger charge is -2.15. The standard InChI is InChI=1S/C21H25NO5/c1-14-9-10-16(11-19(14)26-4)12-20(23)27-15(2)21(24)22-13-17-7-5-6-8-18(17)25-3/h5-11,15H,12-13H2,1-4H3,(H,22,24). The van der Waals surface area contributed by atoms with E-state index in [9.17, 15) is 9.59 Å². The summed E-state index contributed by atoms with van der Waals surface area (Å²) in [4.78, 5) is 24.3. The number of carbonyl (C=O) groups excluding carboxylic acids is 2. The van der Waals surface area contributed by atoms with Gasteiger partial charge in [-0.05, 0) is 37.1 Å². The second kappa shape index (κ2) is 9.62. The smallest absolute Gasteiger partial charge is 0.311 e. The van der Waals surface area contributed by atoms with Gasteiger partial charge in [0.15, 0.2) is 6.10 Å². The number of carbonyl (C=O) groups is 2. The fourth-order valence-electron chi connectivity index (χ4n) is 2.61. The number of rotatable bonds is 8. The van der Waals surface area contributed by atoms with Crippen LogP contribution in [0.5, 0.6) is 11.5 Å². The molecule has 1 N–H and O–H groups in total. The second-order valence-electron chi connectivity index (χ2n) is 6.14. The van der Waals surface area contributed by atoms with Gasteiger partial charge in [-0.25, -0.2) is 0 Å². The third-order valence-corrected chi connectivity index (χ3v) is 4.14. The van der Waals surface area contributed by atoms with E-state index >= 15 is 0 Å². The maximum Gasteiger partial charge on any atom is 0.311 e. The SMILES string of the molecule is COc1cc(CC(=O)OC(C)C(=O)NCc2ccccc2OC)ccc1C. The molecule has 0 spiro atoms. The Balaban J connectivity index is 1.87. The van der Waals surface area contributed by atoms with Crippen LogP contribution in [0.1, 0.15) is 23.6 Å². The molecule has 0 fully saturated rings. The Bertz CT molecular complexity index is 803. The first-order valence-electron chi connectivity index (χ1n) is 8.67. The fourth-order valence-corrected chi connectivity index (χ4v) is 2.61. The molecule has 0 aliphatic carbocycles. The molecular formula is C21H25NO5. The van der Waals surface area contributed by atoms with Crippen molar-refractivity contribution in [2.75, 3.05) is 14.2 Å². The molecule has 0 saturated heterocycles. The third kappa shape index (κ3) is 5.74. The molecule has 2 aromatic rings. The largest absolute Gasteiger partial charge is 0.496 e. The van der Waals surface area contributed by atoms with Gasteiger partial charge in [0.25, 0.3) is 5.91 Å². The van der Waals surface area contributed by atoms with Crippen molar-refractivity contribution in [1.82, 2.24) is 5.32 Å². The highest BCUT2D eigenvalue weighted by Gasteiger charge is 2.18. The van der Waals surface area contributed by atoms with Crippen LogP contribution in [-0.4, -0.2) is 32.2 Å². The van der Waals surface area contributed by atoms with Crippen molar-refractivity contribution < 1.29 is 23.8 Å². The maximum absolute atomic E-state index is 12.2. The van der Waals surface area contributed by atoms with Crippen LogP contribution in [0.2, 0.25) is 0 Å². The molecule has 0 heterocycles. The molecule has 6 heteroatoms. The number of benzene rings is 2. The summed E-state index contributed by atoms with van der Waals surface area (Å²) < 4.78 is 15.7. The highest BCUT2D eigenvalue weighted by molar-refractivity contribution is 5.84. The molecule has 144 valence electrons. The van der Waals surface area contributed by atoms with Crippen molar-refractivity contribution in [3.63, 3.8) is 0 Å². The maximum atomic E-state index is 12.2. The van der Waals surface area contributed by atoms with Crippen LogP contribution in [0.3, 0.4) is 0 Å². The number of methoxy groups -OCH3 is 2. The Labute approximate surface area is 159 Å². The summed E-state index contributed by atoms with van der Waals surface area (Å²) in [5.74, 6) is 0.565. The molecular weight excluding hydrogens is 346 g/mol. The van der Waals surface area contributed by atoms with Gasteiger partial charge in [0.1, 0.15) is 11.5 Å². The minimum absolute atomic E-state index is 0.0702. The molecule has 0 bridgehead atoms. The van der Waals surface area contributed by atoms with Gasteiger partial charge in [-0.3, -0.25) is 9.59 Å². The van der Waals surface area contributed by atoms with Gasteiger partial charge in [-0.1, -0.05) is 30.3 Å². The number of hydrogen-bond donors (Lipinski definition) is 1. The average molecular weight is 371 g/mol. The first-order chi connectivity index (χ1) is 12.9. The average Bonchev–Trinajstić information content (AvgIpc) is 2.67. The van der Waals surface area contributed by atoms with Crippen LogP contribution in [0, 0.1) is 6.92 Å². The van der Waals surface area contributed by atoms with Gasteiger partial charge in [0, 0.05) is 12.1 Å². The fraction of sp³-hybridized carbons (Fsp3) is 0.333. The monoisotopic (exact) mass is 371 g/mol. The Morgan fingerprint density at radius 2 is 1.74 bits per heavy atom. The normalized spacial score (nSPS) is 11.4. The van der Waals surface area contributed by atoms with Crippen molar-refractivity contribution in [2.24, 2.45) is 0 Å². The van der Waals surface area contributed by atoms with Gasteiger partial charge in [0.05, 0.1) is 20.6 Å². The van der Waals surface area contributed by atoms with Crippen molar-refractivity contribution in [3.05, 3.63) is 59.2 Å². The highest BCUT2D eigenvalue weighted by atomic mass is 16.5. The number of aryl methyl sites for hydroxylation is 1. The number of ether oxygens (including phenoxy) is 3. The van der Waals surface area contributed by atoms with Crippen LogP contribution in [0.4, 0.5) is 0 Å². The van der Waals surface area contributed by atoms with E-state index in [1.165, 1.54) is 0 Å². The molecule has 1 amide bonds. The van der Waals surface area contributed by atoms with Crippen LogP contribution in [0.15, 0.2) is 42.5 Å². The lowest BCUT2D eigenvalue weighted by atomic mass is 10.1. The van der Waals surface area contributed by atoms with E-state index < -0.39 is 12.1 Å². The van der Waals surface area contributed by atoms with E-state index in [1.807, 2.05) is 43.3 Å². The van der Waals surface area contributed by atoms with Gasteiger partial charge < -0.3 is 19.5 Å². The van der Waals surface area contributed by atoms with E-state index in [1.54, 1.807) is 27.2 Å². The van der Waals surface area contributed by atoms with Crippen molar-refractivity contribution in [1.29, 1.82) is 0 Å². The zero-order chi connectivity index (χ0) is 19.8.